The molecule has 2 saturated carbocycles. The summed E-state index contributed by atoms with van der Waals surface area (Å²) < 4.78 is 0. The normalized spacial score (nSPS) is 34.4. The summed E-state index contributed by atoms with van der Waals surface area (Å²) in [6.45, 7) is 2.52. The molecule has 2 fully saturated rings. The molecule has 2 rings (SSSR count). The van der Waals surface area contributed by atoms with Gasteiger partial charge in [-0.05, 0) is 30.6 Å². The molecule has 0 bridgehead atoms. The molecule has 0 heterocycles. The summed E-state index contributed by atoms with van der Waals surface area (Å²) in [5.41, 5.74) is 0.800. The molecule has 0 aliphatic heterocycles. The van der Waals surface area contributed by atoms with Crippen molar-refractivity contribution in [3.05, 3.63) is 0 Å². The lowest BCUT2D eigenvalue weighted by atomic mass is 9.64. The zero-order chi connectivity index (χ0) is 9.15. The van der Waals surface area contributed by atoms with Gasteiger partial charge in [0.15, 0.2) is 0 Å². The molecule has 1 unspecified atom stereocenters. The van der Waals surface area contributed by atoms with Crippen molar-refractivity contribution in [1.29, 1.82) is 0 Å². The molecule has 76 valence electrons. The highest BCUT2D eigenvalue weighted by Crippen LogP contribution is 2.49. The van der Waals surface area contributed by atoms with E-state index in [1.54, 1.807) is 19.3 Å². The van der Waals surface area contributed by atoms with E-state index in [1.807, 2.05) is 0 Å². The van der Waals surface area contributed by atoms with Crippen molar-refractivity contribution < 1.29 is 0 Å². The Balaban J connectivity index is 2.06. The predicted octanol–water partition coefficient (Wildman–Crippen LogP) is 4.54. The largest absolute Gasteiger partial charge is 0.0620 e. The molecule has 0 radical (unpaired) electrons. The molecular weight excluding hydrogens is 156 g/mol. The van der Waals surface area contributed by atoms with Crippen molar-refractivity contribution in [3.63, 3.8) is 0 Å². The van der Waals surface area contributed by atoms with Gasteiger partial charge in [0.05, 0.1) is 0 Å². The van der Waals surface area contributed by atoms with Gasteiger partial charge in [0.1, 0.15) is 0 Å². The second kappa shape index (κ2) is 4.02. The Morgan fingerprint density at radius 1 is 0.769 bits per heavy atom. The minimum Gasteiger partial charge on any atom is -0.0620 e. The van der Waals surface area contributed by atoms with Crippen LogP contribution < -0.4 is 0 Å². The minimum absolute atomic E-state index is 0.800. The molecule has 0 aromatic rings. The molecular formula is C13H24. The van der Waals surface area contributed by atoms with Crippen LogP contribution in [-0.2, 0) is 0 Å². The molecule has 0 nitrogen and oxygen atoms in total. The van der Waals surface area contributed by atoms with Gasteiger partial charge in [-0.15, -0.1) is 0 Å². The first kappa shape index (κ1) is 9.55. The second-order valence-corrected chi connectivity index (χ2v) is 5.42. The van der Waals surface area contributed by atoms with Crippen LogP contribution in [0.3, 0.4) is 0 Å². The van der Waals surface area contributed by atoms with E-state index >= 15 is 0 Å². The van der Waals surface area contributed by atoms with Crippen molar-refractivity contribution in [2.75, 3.05) is 0 Å². The maximum atomic E-state index is 2.52. The topological polar surface area (TPSA) is 0 Å². The van der Waals surface area contributed by atoms with E-state index in [4.69, 9.17) is 0 Å². The van der Waals surface area contributed by atoms with Crippen molar-refractivity contribution in [3.8, 4) is 0 Å². The zero-order valence-electron chi connectivity index (χ0n) is 9.15. The molecule has 0 N–H and O–H groups in total. The Hall–Kier alpha value is 0. The lowest BCUT2D eigenvalue weighted by Gasteiger charge is -2.41. The number of hydrogen-bond acceptors (Lipinski definition) is 0. The Morgan fingerprint density at radius 2 is 1.31 bits per heavy atom. The monoisotopic (exact) mass is 180 g/mol. The van der Waals surface area contributed by atoms with E-state index in [2.05, 4.69) is 6.92 Å². The van der Waals surface area contributed by atoms with Crippen molar-refractivity contribution >= 4 is 0 Å². The van der Waals surface area contributed by atoms with Crippen LogP contribution in [0.5, 0.6) is 0 Å². The summed E-state index contributed by atoms with van der Waals surface area (Å²) in [7, 11) is 0. The van der Waals surface area contributed by atoms with Crippen LogP contribution in [0.25, 0.3) is 0 Å². The minimum atomic E-state index is 0.800. The third-order valence-corrected chi connectivity index (χ3v) is 4.71. The van der Waals surface area contributed by atoms with Crippen LogP contribution in [0.4, 0.5) is 0 Å². The van der Waals surface area contributed by atoms with E-state index < -0.39 is 0 Å². The summed E-state index contributed by atoms with van der Waals surface area (Å²) in [6, 6.07) is 0. The zero-order valence-corrected chi connectivity index (χ0v) is 9.15. The molecule has 0 heteroatoms. The maximum Gasteiger partial charge on any atom is -0.0272 e. The van der Waals surface area contributed by atoms with Crippen molar-refractivity contribution in [2.24, 2.45) is 11.3 Å². The van der Waals surface area contributed by atoms with Gasteiger partial charge in [-0.3, -0.25) is 0 Å². The lowest BCUT2D eigenvalue weighted by Crippen LogP contribution is -2.30. The van der Waals surface area contributed by atoms with Crippen LogP contribution in [0.2, 0.25) is 0 Å². The Morgan fingerprint density at radius 3 is 1.92 bits per heavy atom. The molecule has 1 spiro atoms. The third kappa shape index (κ3) is 1.92. The Bertz CT molecular complexity index is 153. The van der Waals surface area contributed by atoms with E-state index in [-0.39, 0.29) is 0 Å². The first-order valence-electron chi connectivity index (χ1n) is 6.33. The Labute approximate surface area is 83.1 Å². The van der Waals surface area contributed by atoms with E-state index in [0.717, 1.165) is 11.3 Å². The highest BCUT2D eigenvalue weighted by molar-refractivity contribution is 4.88. The van der Waals surface area contributed by atoms with Gasteiger partial charge in [0, 0.05) is 0 Å². The van der Waals surface area contributed by atoms with Gasteiger partial charge < -0.3 is 0 Å². The average molecular weight is 180 g/mol. The molecule has 2 aliphatic rings. The first-order chi connectivity index (χ1) is 6.33. The highest BCUT2D eigenvalue weighted by Gasteiger charge is 2.37. The van der Waals surface area contributed by atoms with Crippen LogP contribution >= 0.6 is 0 Å². The van der Waals surface area contributed by atoms with E-state index in [0.29, 0.717) is 0 Å². The summed E-state index contributed by atoms with van der Waals surface area (Å²) in [4.78, 5) is 0. The molecule has 0 aromatic heterocycles. The van der Waals surface area contributed by atoms with Crippen LogP contribution in [0, 0.1) is 11.3 Å². The number of hydrogen-bond donors (Lipinski definition) is 0. The molecule has 0 saturated heterocycles. The first-order valence-corrected chi connectivity index (χ1v) is 6.33. The standard InChI is InChI=1S/C13H24/c1-12-8-4-2-5-9-13(12)10-6-3-7-11-13/h12H,2-11H2,1H3. The highest BCUT2D eigenvalue weighted by atomic mass is 14.4. The van der Waals surface area contributed by atoms with Gasteiger partial charge >= 0.3 is 0 Å². The smallest absolute Gasteiger partial charge is 0.0272 e. The van der Waals surface area contributed by atoms with Crippen molar-refractivity contribution in [2.45, 2.75) is 71.1 Å². The molecule has 1 atom stereocenters. The van der Waals surface area contributed by atoms with Gasteiger partial charge in [0.2, 0.25) is 0 Å². The SMILES string of the molecule is CC1CCCCCC12CCCCC2. The quantitative estimate of drug-likeness (QED) is 0.513. The summed E-state index contributed by atoms with van der Waals surface area (Å²) in [6.07, 6.45) is 15.2. The van der Waals surface area contributed by atoms with Gasteiger partial charge in [-0.25, -0.2) is 0 Å². The summed E-state index contributed by atoms with van der Waals surface area (Å²) in [5, 5.41) is 0. The lowest BCUT2D eigenvalue weighted by molar-refractivity contribution is 0.0971. The maximum absolute atomic E-state index is 2.52. The van der Waals surface area contributed by atoms with Gasteiger partial charge in [-0.1, -0.05) is 51.9 Å². The van der Waals surface area contributed by atoms with E-state index in [9.17, 15) is 0 Å². The average Bonchev–Trinajstić information content (AvgIpc) is 2.33. The van der Waals surface area contributed by atoms with Crippen LogP contribution in [-0.4, -0.2) is 0 Å². The Kier molecular flexibility index (Phi) is 2.96. The van der Waals surface area contributed by atoms with Gasteiger partial charge in [0.25, 0.3) is 0 Å². The molecule has 0 amide bonds. The fourth-order valence-corrected chi connectivity index (χ4v) is 3.66. The third-order valence-electron chi connectivity index (χ3n) is 4.71. The molecule has 2 aliphatic carbocycles. The summed E-state index contributed by atoms with van der Waals surface area (Å²) in [5.74, 6) is 1.02. The fraction of sp³-hybridized carbons (Fsp3) is 1.00. The predicted molar refractivity (Wildman–Crippen MR) is 57.8 cm³/mol. The fourth-order valence-electron chi connectivity index (χ4n) is 3.66. The molecule has 13 heavy (non-hydrogen) atoms. The van der Waals surface area contributed by atoms with Gasteiger partial charge in [-0.2, -0.15) is 0 Å². The summed E-state index contributed by atoms with van der Waals surface area (Å²) >= 11 is 0. The van der Waals surface area contributed by atoms with E-state index in [1.165, 1.54) is 44.9 Å². The number of rotatable bonds is 0. The van der Waals surface area contributed by atoms with Crippen molar-refractivity contribution in [1.82, 2.24) is 0 Å². The second-order valence-electron chi connectivity index (χ2n) is 5.42. The van der Waals surface area contributed by atoms with Crippen LogP contribution in [0.15, 0.2) is 0 Å². The van der Waals surface area contributed by atoms with Crippen LogP contribution in [0.1, 0.15) is 71.1 Å². The molecule has 0 aromatic carbocycles.